The van der Waals surface area contributed by atoms with E-state index in [9.17, 15) is 8.42 Å². The van der Waals surface area contributed by atoms with Crippen molar-refractivity contribution >= 4 is 45.9 Å². The molecule has 1 aliphatic heterocycles. The van der Waals surface area contributed by atoms with Crippen LogP contribution in [0.25, 0.3) is 0 Å². The number of nitrogens with one attached hydrogen (secondary N) is 2. The average molecular weight is 546 g/mol. The number of aromatic nitrogens is 3. The number of hydrogen-bond acceptors (Lipinski definition) is 7. The number of rotatable bonds is 7. The van der Waals surface area contributed by atoms with E-state index in [1.54, 1.807) is 24.5 Å². The molecule has 30 heavy (non-hydrogen) atoms. The molecular weight excluding hydrogens is 519 g/mol. The molecule has 0 amide bonds. The first-order chi connectivity index (χ1) is 14.1. The van der Waals surface area contributed by atoms with Crippen LogP contribution in [0.5, 0.6) is 0 Å². The zero-order chi connectivity index (χ0) is 20.5. The lowest BCUT2D eigenvalue weighted by atomic mass is 10.3. The number of hydrogen-bond donors (Lipinski definition) is 2. The lowest BCUT2D eigenvalue weighted by molar-refractivity contribution is 0.370. The highest BCUT2D eigenvalue weighted by Crippen LogP contribution is 2.10. The molecule has 0 aromatic carbocycles. The molecule has 0 radical (unpaired) electrons. The van der Waals surface area contributed by atoms with Crippen LogP contribution in [-0.2, 0) is 10.0 Å². The number of nitrogens with zero attached hydrogens (tertiary/aromatic N) is 6. The fourth-order valence-electron chi connectivity index (χ4n) is 2.93. The molecule has 0 bridgehead atoms. The number of piperazine rings is 1. The summed E-state index contributed by atoms with van der Waals surface area (Å²) in [6, 6.07) is 4.91. The first kappa shape index (κ1) is 24.2. The highest BCUT2D eigenvalue weighted by molar-refractivity contribution is 14.0. The maximum atomic E-state index is 12.2. The minimum atomic E-state index is -3.57. The Morgan fingerprint density at radius 1 is 1.13 bits per heavy atom. The van der Waals surface area contributed by atoms with E-state index in [1.807, 2.05) is 6.92 Å². The highest BCUT2D eigenvalue weighted by atomic mass is 127. The van der Waals surface area contributed by atoms with Gasteiger partial charge in [-0.25, -0.2) is 23.1 Å². The molecule has 3 heterocycles. The van der Waals surface area contributed by atoms with E-state index in [0.29, 0.717) is 6.54 Å². The SMILES string of the molecule is CCNC(=NCCNS(=O)(=O)c1cccnc1)N1CCN(c2ncccn2)CC1.I. The first-order valence-corrected chi connectivity index (χ1v) is 11.0. The normalized spacial score (nSPS) is 14.9. The van der Waals surface area contributed by atoms with Crippen molar-refractivity contribution in [2.24, 2.45) is 4.99 Å². The molecule has 0 unspecified atom stereocenters. The van der Waals surface area contributed by atoms with Crippen LogP contribution < -0.4 is 14.9 Å². The maximum absolute atomic E-state index is 12.2. The monoisotopic (exact) mass is 546 g/mol. The van der Waals surface area contributed by atoms with Gasteiger partial charge in [-0.1, -0.05) is 0 Å². The van der Waals surface area contributed by atoms with Gasteiger partial charge in [0.15, 0.2) is 5.96 Å². The summed E-state index contributed by atoms with van der Waals surface area (Å²) in [7, 11) is -3.57. The molecule has 0 atom stereocenters. The van der Waals surface area contributed by atoms with Crippen LogP contribution in [-0.4, -0.2) is 80.0 Å². The molecule has 164 valence electrons. The molecule has 3 rings (SSSR count). The molecule has 0 spiro atoms. The van der Waals surface area contributed by atoms with Crippen molar-refractivity contribution < 1.29 is 8.42 Å². The number of aliphatic imine (C=N–C) groups is 1. The summed E-state index contributed by atoms with van der Waals surface area (Å²) in [6.45, 7) is 6.45. The summed E-state index contributed by atoms with van der Waals surface area (Å²) >= 11 is 0. The van der Waals surface area contributed by atoms with Crippen LogP contribution in [0.1, 0.15) is 6.92 Å². The molecule has 0 aliphatic carbocycles. The first-order valence-electron chi connectivity index (χ1n) is 9.55. The Morgan fingerprint density at radius 2 is 1.87 bits per heavy atom. The smallest absolute Gasteiger partial charge is 0.242 e. The van der Waals surface area contributed by atoms with Crippen LogP contribution in [0.4, 0.5) is 5.95 Å². The fraction of sp³-hybridized carbons (Fsp3) is 0.444. The van der Waals surface area contributed by atoms with E-state index in [-0.39, 0.29) is 35.4 Å². The molecular formula is C18H27IN8O2S. The van der Waals surface area contributed by atoms with Crippen LogP contribution in [0.15, 0.2) is 52.9 Å². The summed E-state index contributed by atoms with van der Waals surface area (Å²) in [6.07, 6.45) is 6.35. The zero-order valence-corrected chi connectivity index (χ0v) is 20.0. The average Bonchev–Trinajstić information content (AvgIpc) is 2.77. The van der Waals surface area contributed by atoms with Crippen molar-refractivity contribution in [3.8, 4) is 0 Å². The van der Waals surface area contributed by atoms with Crippen molar-refractivity contribution in [1.29, 1.82) is 0 Å². The van der Waals surface area contributed by atoms with Gasteiger partial charge in [-0.2, -0.15) is 0 Å². The van der Waals surface area contributed by atoms with E-state index < -0.39 is 10.0 Å². The van der Waals surface area contributed by atoms with Gasteiger partial charge < -0.3 is 15.1 Å². The van der Waals surface area contributed by atoms with E-state index >= 15 is 0 Å². The van der Waals surface area contributed by atoms with Crippen molar-refractivity contribution in [1.82, 2.24) is 29.9 Å². The Hall–Kier alpha value is -2.06. The number of halogens is 1. The predicted molar refractivity (Wildman–Crippen MR) is 127 cm³/mol. The summed E-state index contributed by atoms with van der Waals surface area (Å²) in [5, 5.41) is 3.28. The third-order valence-electron chi connectivity index (χ3n) is 4.36. The summed E-state index contributed by atoms with van der Waals surface area (Å²) in [5.41, 5.74) is 0. The minimum Gasteiger partial charge on any atom is -0.357 e. The second-order valence-corrected chi connectivity index (χ2v) is 8.11. The highest BCUT2D eigenvalue weighted by Gasteiger charge is 2.21. The van der Waals surface area contributed by atoms with Gasteiger partial charge in [0.05, 0.1) is 6.54 Å². The second-order valence-electron chi connectivity index (χ2n) is 6.35. The standard InChI is InChI=1S/C18H26N8O2S.HI/c1-2-20-17(23-9-10-24-29(27,28)16-5-3-6-19-15-16)25-11-13-26(14-12-25)18-21-7-4-8-22-18;/h3-8,15,24H,2,9-14H2,1H3,(H,20,23);1H. The van der Waals surface area contributed by atoms with Gasteiger partial charge in [0.25, 0.3) is 0 Å². The summed E-state index contributed by atoms with van der Waals surface area (Å²) < 4.78 is 27.0. The van der Waals surface area contributed by atoms with Crippen LogP contribution in [0.3, 0.4) is 0 Å². The minimum absolute atomic E-state index is 0. The molecule has 2 N–H and O–H groups in total. The Labute approximate surface area is 194 Å². The fourth-order valence-corrected chi connectivity index (χ4v) is 3.91. The number of sulfonamides is 1. The lowest BCUT2D eigenvalue weighted by Gasteiger charge is -2.36. The van der Waals surface area contributed by atoms with E-state index in [4.69, 9.17) is 0 Å². The number of anilines is 1. The molecule has 12 heteroatoms. The topological polar surface area (TPSA) is 116 Å². The Morgan fingerprint density at radius 3 is 2.50 bits per heavy atom. The van der Waals surface area contributed by atoms with E-state index in [0.717, 1.165) is 44.6 Å². The lowest BCUT2D eigenvalue weighted by Crippen LogP contribution is -2.53. The number of guanidine groups is 1. The van der Waals surface area contributed by atoms with Crippen molar-refractivity contribution in [2.75, 3.05) is 50.7 Å². The Kier molecular flexibility index (Phi) is 9.65. The van der Waals surface area contributed by atoms with Crippen LogP contribution in [0, 0.1) is 0 Å². The Bertz CT molecular complexity index is 891. The van der Waals surface area contributed by atoms with Gasteiger partial charge in [0.2, 0.25) is 16.0 Å². The van der Waals surface area contributed by atoms with Crippen LogP contribution >= 0.6 is 24.0 Å². The molecule has 10 nitrogen and oxygen atoms in total. The number of pyridine rings is 1. The molecule has 1 aliphatic rings. The van der Waals surface area contributed by atoms with Crippen LogP contribution in [0.2, 0.25) is 0 Å². The van der Waals surface area contributed by atoms with Gasteiger partial charge in [-0.15, -0.1) is 24.0 Å². The van der Waals surface area contributed by atoms with Crippen molar-refractivity contribution in [3.05, 3.63) is 43.0 Å². The molecule has 2 aromatic heterocycles. The van der Waals surface area contributed by atoms with Gasteiger partial charge >= 0.3 is 0 Å². The molecule has 1 fully saturated rings. The van der Waals surface area contributed by atoms with Gasteiger partial charge in [-0.05, 0) is 25.1 Å². The quantitative estimate of drug-likeness (QED) is 0.224. The van der Waals surface area contributed by atoms with E-state index in [1.165, 1.54) is 18.5 Å². The van der Waals surface area contributed by atoms with Gasteiger partial charge in [0.1, 0.15) is 4.90 Å². The maximum Gasteiger partial charge on any atom is 0.242 e. The molecule has 2 aromatic rings. The molecule has 1 saturated heterocycles. The van der Waals surface area contributed by atoms with Crippen molar-refractivity contribution in [3.63, 3.8) is 0 Å². The summed E-state index contributed by atoms with van der Waals surface area (Å²) in [4.78, 5) is 21.5. The van der Waals surface area contributed by atoms with Gasteiger partial charge in [0, 0.05) is 64.1 Å². The third kappa shape index (κ3) is 6.74. The largest absolute Gasteiger partial charge is 0.357 e. The Balaban J connectivity index is 0.00000320. The van der Waals surface area contributed by atoms with Gasteiger partial charge in [-0.3, -0.25) is 9.98 Å². The third-order valence-corrected chi connectivity index (χ3v) is 5.81. The second kappa shape index (κ2) is 12.0. The zero-order valence-electron chi connectivity index (χ0n) is 16.8. The predicted octanol–water partition coefficient (Wildman–Crippen LogP) is 0.556. The summed E-state index contributed by atoms with van der Waals surface area (Å²) in [5.74, 6) is 1.51. The van der Waals surface area contributed by atoms with Crippen molar-refractivity contribution in [2.45, 2.75) is 11.8 Å². The van der Waals surface area contributed by atoms with E-state index in [2.05, 4.69) is 39.8 Å². The molecule has 0 saturated carbocycles.